The van der Waals surface area contributed by atoms with Crippen molar-refractivity contribution in [3.05, 3.63) is 65.3 Å². The number of phenolic OH excluding ortho intramolecular Hbond substituents is 1. The second-order valence-corrected chi connectivity index (χ2v) is 8.75. The van der Waals surface area contributed by atoms with Gasteiger partial charge in [0.15, 0.2) is 17.3 Å². The molecular weight excluding hydrogens is 471 g/mol. The maximum atomic E-state index is 14.2. The van der Waals surface area contributed by atoms with Gasteiger partial charge in [0.25, 0.3) is 0 Å². The molecule has 10 heteroatoms. The summed E-state index contributed by atoms with van der Waals surface area (Å²) in [6.45, 7) is 1.00. The predicted octanol–water partition coefficient (Wildman–Crippen LogP) is 4.90. The Hall–Kier alpha value is -3.82. The number of aromatic nitrogens is 3. The van der Waals surface area contributed by atoms with E-state index in [4.69, 9.17) is 17.3 Å². The molecule has 2 aromatic heterocycles. The summed E-state index contributed by atoms with van der Waals surface area (Å²) < 4.78 is 14.2. The average molecular weight is 493 g/mol. The van der Waals surface area contributed by atoms with E-state index in [-0.39, 0.29) is 16.7 Å². The van der Waals surface area contributed by atoms with E-state index in [1.807, 2.05) is 6.07 Å². The van der Waals surface area contributed by atoms with Crippen LogP contribution < -0.4 is 16.4 Å². The number of Topliss-reactive ketones (excluding diaryl/α,β-unsaturated/α-hetero) is 1. The smallest absolute Gasteiger partial charge is 0.222 e. The first-order valence-electron chi connectivity index (χ1n) is 11.1. The molecule has 8 nitrogen and oxygen atoms in total. The fourth-order valence-corrected chi connectivity index (χ4v) is 4.01. The first kappa shape index (κ1) is 22.9. The fraction of sp³-hybridized carbons (Fsp3) is 0.200. The highest BCUT2D eigenvalue weighted by molar-refractivity contribution is 6.32. The van der Waals surface area contributed by atoms with E-state index in [1.165, 1.54) is 12.1 Å². The van der Waals surface area contributed by atoms with Crippen LogP contribution in [-0.2, 0) is 0 Å². The number of fused-ring (bicyclic) bond motifs is 1. The molecule has 2 aromatic carbocycles. The standard InChI is InChI=1S/C25H22ClFN6O2/c26-19-8-15(9-20(27)24(19)35)14-3-4-21-17(7-14)22(18(12-30-21)23(34)13-1-2-13)33-16-10-31-25(32-11-16)29-6-5-28/h3-4,7-13,35H,1-2,5-6,28H2,(H,30,33)(H,29,31,32). The number of carbonyl (C=O) groups is 1. The van der Waals surface area contributed by atoms with Gasteiger partial charge in [-0.15, -0.1) is 0 Å². The maximum absolute atomic E-state index is 14.2. The highest BCUT2D eigenvalue weighted by Gasteiger charge is 2.32. The summed E-state index contributed by atoms with van der Waals surface area (Å²) in [6.07, 6.45) is 6.52. The predicted molar refractivity (Wildman–Crippen MR) is 134 cm³/mol. The SMILES string of the molecule is NCCNc1ncc(Nc2c(C(=O)C3CC3)cnc3ccc(-c4cc(F)c(O)c(Cl)c4)cc23)cn1. The van der Waals surface area contributed by atoms with E-state index in [0.717, 1.165) is 12.8 Å². The van der Waals surface area contributed by atoms with Crippen LogP contribution in [0.25, 0.3) is 22.0 Å². The van der Waals surface area contributed by atoms with Crippen molar-refractivity contribution in [2.45, 2.75) is 12.8 Å². The number of carbonyl (C=O) groups excluding carboxylic acids is 1. The van der Waals surface area contributed by atoms with Crippen LogP contribution in [0.5, 0.6) is 5.75 Å². The lowest BCUT2D eigenvalue weighted by atomic mass is 9.99. The molecule has 5 rings (SSSR count). The molecule has 0 spiro atoms. The van der Waals surface area contributed by atoms with Gasteiger partial charge in [-0.25, -0.2) is 14.4 Å². The third kappa shape index (κ3) is 4.73. The molecule has 0 radical (unpaired) electrons. The van der Waals surface area contributed by atoms with Gasteiger partial charge in [-0.05, 0) is 48.2 Å². The molecule has 178 valence electrons. The van der Waals surface area contributed by atoms with Gasteiger partial charge in [0.05, 0.1) is 39.9 Å². The quantitative estimate of drug-likeness (QED) is 0.256. The lowest BCUT2D eigenvalue weighted by molar-refractivity contribution is 0.0968. The highest BCUT2D eigenvalue weighted by atomic mass is 35.5. The van der Waals surface area contributed by atoms with E-state index in [2.05, 4.69) is 25.6 Å². The van der Waals surface area contributed by atoms with E-state index in [1.54, 1.807) is 30.7 Å². The van der Waals surface area contributed by atoms with Crippen LogP contribution in [0.1, 0.15) is 23.2 Å². The Kier molecular flexibility index (Phi) is 6.19. The van der Waals surface area contributed by atoms with Gasteiger partial charge in [0, 0.05) is 30.6 Å². The molecule has 2 heterocycles. The number of aromatic hydroxyl groups is 1. The summed E-state index contributed by atoms with van der Waals surface area (Å²) in [5.74, 6) is -0.956. The first-order chi connectivity index (χ1) is 16.9. The van der Waals surface area contributed by atoms with Crippen molar-refractivity contribution in [2.75, 3.05) is 23.7 Å². The van der Waals surface area contributed by atoms with E-state index in [9.17, 15) is 14.3 Å². The number of hydrogen-bond donors (Lipinski definition) is 4. The second kappa shape index (κ2) is 9.44. The Balaban J connectivity index is 1.60. The first-order valence-corrected chi connectivity index (χ1v) is 11.5. The molecule has 0 aliphatic heterocycles. The van der Waals surface area contributed by atoms with Crippen LogP contribution >= 0.6 is 11.6 Å². The summed E-state index contributed by atoms with van der Waals surface area (Å²) in [6, 6.07) is 8.08. The number of nitrogens with two attached hydrogens (primary N) is 1. The molecule has 0 saturated heterocycles. The number of pyridine rings is 1. The summed E-state index contributed by atoms with van der Waals surface area (Å²) >= 11 is 5.99. The lowest BCUT2D eigenvalue weighted by Crippen LogP contribution is -2.14. The normalized spacial score (nSPS) is 13.1. The zero-order chi connectivity index (χ0) is 24.5. The Morgan fingerprint density at radius 1 is 1.11 bits per heavy atom. The molecule has 0 amide bonds. The molecule has 1 fully saturated rings. The molecule has 5 N–H and O–H groups in total. The van der Waals surface area contributed by atoms with Gasteiger partial charge in [0.2, 0.25) is 5.95 Å². The molecule has 0 atom stereocenters. The number of nitrogens with one attached hydrogen (secondary N) is 2. The van der Waals surface area contributed by atoms with E-state index >= 15 is 0 Å². The minimum atomic E-state index is -0.817. The molecule has 1 aliphatic carbocycles. The minimum absolute atomic E-state index is 0.0120. The fourth-order valence-electron chi connectivity index (χ4n) is 3.80. The van der Waals surface area contributed by atoms with Crippen molar-refractivity contribution in [3.8, 4) is 16.9 Å². The third-order valence-electron chi connectivity index (χ3n) is 5.78. The Labute approximate surface area is 205 Å². The van der Waals surface area contributed by atoms with Crippen molar-refractivity contribution in [1.29, 1.82) is 0 Å². The van der Waals surface area contributed by atoms with Crippen molar-refractivity contribution in [2.24, 2.45) is 11.7 Å². The summed E-state index contributed by atoms with van der Waals surface area (Å²) in [7, 11) is 0. The Morgan fingerprint density at radius 3 is 2.57 bits per heavy atom. The lowest BCUT2D eigenvalue weighted by Gasteiger charge is -2.15. The minimum Gasteiger partial charge on any atom is -0.504 e. The number of phenols is 1. The van der Waals surface area contributed by atoms with Crippen molar-refractivity contribution < 1.29 is 14.3 Å². The number of hydrogen-bond acceptors (Lipinski definition) is 8. The average Bonchev–Trinajstić information content (AvgIpc) is 3.72. The molecule has 0 unspecified atom stereocenters. The largest absolute Gasteiger partial charge is 0.504 e. The number of benzene rings is 2. The van der Waals surface area contributed by atoms with Gasteiger partial charge >= 0.3 is 0 Å². The third-order valence-corrected chi connectivity index (χ3v) is 6.07. The molecule has 1 saturated carbocycles. The molecular formula is C25H22ClFN6O2. The van der Waals surface area contributed by atoms with Crippen LogP contribution in [0.2, 0.25) is 5.02 Å². The van der Waals surface area contributed by atoms with E-state index < -0.39 is 11.6 Å². The molecule has 1 aliphatic rings. The zero-order valence-electron chi connectivity index (χ0n) is 18.6. The van der Waals surface area contributed by atoms with Crippen molar-refractivity contribution in [3.63, 3.8) is 0 Å². The van der Waals surface area contributed by atoms with Crippen LogP contribution in [0.4, 0.5) is 21.7 Å². The number of ketones is 1. The van der Waals surface area contributed by atoms with Crippen LogP contribution in [0, 0.1) is 11.7 Å². The van der Waals surface area contributed by atoms with Gasteiger partial charge in [-0.1, -0.05) is 17.7 Å². The van der Waals surface area contributed by atoms with Gasteiger partial charge in [0.1, 0.15) is 0 Å². The summed E-state index contributed by atoms with van der Waals surface area (Å²) in [5, 5.41) is 16.6. The van der Waals surface area contributed by atoms with Crippen LogP contribution in [0.15, 0.2) is 48.9 Å². The maximum Gasteiger partial charge on any atom is 0.222 e. The number of nitrogens with zero attached hydrogens (tertiary/aromatic N) is 3. The van der Waals surface area contributed by atoms with Crippen molar-refractivity contribution >= 4 is 45.6 Å². The Morgan fingerprint density at radius 2 is 1.89 bits per heavy atom. The van der Waals surface area contributed by atoms with Crippen molar-refractivity contribution in [1.82, 2.24) is 15.0 Å². The summed E-state index contributed by atoms with van der Waals surface area (Å²) in [4.78, 5) is 26.2. The summed E-state index contributed by atoms with van der Waals surface area (Å²) in [5.41, 5.74) is 8.92. The van der Waals surface area contributed by atoms with Gasteiger partial charge in [-0.2, -0.15) is 0 Å². The number of rotatable bonds is 8. The Bertz CT molecular complexity index is 1400. The van der Waals surface area contributed by atoms with Crippen LogP contribution in [-0.4, -0.2) is 38.9 Å². The second-order valence-electron chi connectivity index (χ2n) is 8.34. The molecule has 35 heavy (non-hydrogen) atoms. The zero-order valence-corrected chi connectivity index (χ0v) is 19.3. The monoisotopic (exact) mass is 492 g/mol. The highest BCUT2D eigenvalue weighted by Crippen LogP contribution is 2.39. The molecule has 4 aromatic rings. The topological polar surface area (TPSA) is 126 Å². The van der Waals surface area contributed by atoms with E-state index in [0.29, 0.717) is 58.0 Å². The van der Waals surface area contributed by atoms with Gasteiger partial charge < -0.3 is 21.5 Å². The molecule has 0 bridgehead atoms. The number of halogens is 2. The number of anilines is 3. The van der Waals surface area contributed by atoms with Gasteiger partial charge in [-0.3, -0.25) is 9.78 Å². The van der Waals surface area contributed by atoms with Crippen LogP contribution in [0.3, 0.4) is 0 Å².